The molecule has 0 saturated heterocycles. The first-order valence-electron chi connectivity index (χ1n) is 10.8. The van der Waals surface area contributed by atoms with Crippen LogP contribution >= 0.6 is 0 Å². The summed E-state index contributed by atoms with van der Waals surface area (Å²) < 4.78 is 12.8. The van der Waals surface area contributed by atoms with Crippen molar-refractivity contribution in [1.82, 2.24) is 0 Å². The molecule has 2 aliphatic carbocycles. The van der Waals surface area contributed by atoms with E-state index in [1.807, 2.05) is 18.2 Å². The molecule has 0 aliphatic heterocycles. The second-order valence-corrected chi connectivity index (χ2v) is 8.42. The first-order chi connectivity index (χ1) is 14.2. The summed E-state index contributed by atoms with van der Waals surface area (Å²) in [7, 11) is 0. The van der Waals surface area contributed by atoms with Crippen LogP contribution in [-0.4, -0.2) is 0 Å². The van der Waals surface area contributed by atoms with Gasteiger partial charge in [0.1, 0.15) is 6.07 Å². The van der Waals surface area contributed by atoms with Crippen LogP contribution in [0.2, 0.25) is 0 Å². The molecule has 0 amide bonds. The molecule has 0 atom stereocenters. The number of benzene rings is 1. The quantitative estimate of drug-likeness (QED) is 0.306. The zero-order valence-corrected chi connectivity index (χ0v) is 16.9. The highest BCUT2D eigenvalue weighted by Crippen LogP contribution is 2.37. The Kier molecular flexibility index (Phi) is 7.83. The predicted molar refractivity (Wildman–Crippen MR) is 114 cm³/mol. The van der Waals surface area contributed by atoms with Crippen molar-refractivity contribution in [1.29, 1.82) is 10.5 Å². The summed E-state index contributed by atoms with van der Waals surface area (Å²) in [5.74, 6) is 1.77. The Morgan fingerprint density at radius 2 is 1.31 bits per heavy atom. The molecule has 2 fully saturated rings. The minimum Gasteiger partial charge on any atom is -0.195 e. The third-order valence-corrected chi connectivity index (χ3v) is 6.49. The summed E-state index contributed by atoms with van der Waals surface area (Å²) in [4.78, 5) is 0. The van der Waals surface area contributed by atoms with Crippen LogP contribution in [0.25, 0.3) is 0 Å². The van der Waals surface area contributed by atoms with E-state index in [-0.39, 0.29) is 0 Å². The summed E-state index contributed by atoms with van der Waals surface area (Å²) in [6, 6.07) is 11.8. The molecule has 2 aliphatic rings. The topological polar surface area (TPSA) is 47.6 Å². The van der Waals surface area contributed by atoms with Crippen molar-refractivity contribution in [3.63, 3.8) is 0 Å². The molecule has 1 aromatic carbocycles. The third-order valence-electron chi connectivity index (χ3n) is 6.49. The third kappa shape index (κ3) is 6.43. The maximum atomic E-state index is 12.8. The molecule has 0 heterocycles. The Morgan fingerprint density at radius 1 is 0.793 bits per heavy atom. The van der Waals surface area contributed by atoms with Gasteiger partial charge >= 0.3 is 0 Å². The molecule has 0 bridgehead atoms. The number of halogens is 1. The van der Waals surface area contributed by atoms with Crippen LogP contribution in [0.5, 0.6) is 0 Å². The number of hydrogen-bond donors (Lipinski definition) is 0. The number of rotatable bonds is 5. The molecular weight excluding hydrogens is 359 g/mol. The maximum absolute atomic E-state index is 12.8. The number of hydrogen-bond acceptors (Lipinski definition) is 2. The summed E-state index contributed by atoms with van der Waals surface area (Å²) in [5.41, 5.74) is 2.11. The van der Waals surface area contributed by atoms with Crippen LogP contribution in [0.3, 0.4) is 0 Å². The number of allylic oxidation sites excluding steroid dienone is 6. The Balaban J connectivity index is 1.40. The zero-order chi connectivity index (χ0) is 20.5. The first-order valence-corrected chi connectivity index (χ1v) is 10.8. The number of nitriles is 2. The van der Waals surface area contributed by atoms with Crippen molar-refractivity contribution < 1.29 is 4.39 Å². The van der Waals surface area contributed by atoms with Gasteiger partial charge in [0.2, 0.25) is 0 Å². The SMILES string of the molecule is N#CC(F)=CC=CC1CCC(C=CC2CCC(c3ccc(C#N)cc3)CC2)CC1. The molecule has 29 heavy (non-hydrogen) atoms. The minimum absolute atomic E-state index is 0.505. The number of nitrogens with zero attached hydrogens (tertiary/aromatic N) is 2. The van der Waals surface area contributed by atoms with E-state index in [0.29, 0.717) is 23.7 Å². The maximum Gasteiger partial charge on any atom is 0.199 e. The lowest BCUT2D eigenvalue weighted by Crippen LogP contribution is -2.14. The highest BCUT2D eigenvalue weighted by molar-refractivity contribution is 5.33. The fourth-order valence-electron chi connectivity index (χ4n) is 4.65. The Hall–Kier alpha value is -2.65. The van der Waals surface area contributed by atoms with Gasteiger partial charge in [-0.25, -0.2) is 0 Å². The van der Waals surface area contributed by atoms with E-state index in [0.717, 1.165) is 18.4 Å². The van der Waals surface area contributed by atoms with Crippen molar-refractivity contribution in [2.75, 3.05) is 0 Å². The Morgan fingerprint density at radius 3 is 1.83 bits per heavy atom. The van der Waals surface area contributed by atoms with E-state index >= 15 is 0 Å². The fraction of sp³-hybridized carbons (Fsp3) is 0.462. The van der Waals surface area contributed by atoms with Gasteiger partial charge in [-0.05, 0) is 98.8 Å². The highest BCUT2D eigenvalue weighted by atomic mass is 19.1. The van der Waals surface area contributed by atoms with E-state index in [1.165, 1.54) is 56.2 Å². The van der Waals surface area contributed by atoms with Gasteiger partial charge in [0.25, 0.3) is 0 Å². The van der Waals surface area contributed by atoms with Gasteiger partial charge in [-0.15, -0.1) is 0 Å². The van der Waals surface area contributed by atoms with Gasteiger partial charge in [0, 0.05) is 0 Å². The normalized spacial score (nSPS) is 28.3. The van der Waals surface area contributed by atoms with Crippen LogP contribution in [-0.2, 0) is 0 Å². The lowest BCUT2D eigenvalue weighted by atomic mass is 9.77. The van der Waals surface area contributed by atoms with Crippen molar-refractivity contribution in [3.05, 3.63) is 71.6 Å². The van der Waals surface area contributed by atoms with Crippen LogP contribution in [0.15, 0.2) is 60.5 Å². The largest absolute Gasteiger partial charge is 0.199 e. The monoisotopic (exact) mass is 388 g/mol. The average Bonchev–Trinajstić information content (AvgIpc) is 2.79. The molecular formula is C26H29FN2. The van der Waals surface area contributed by atoms with Gasteiger partial charge in [0.05, 0.1) is 11.6 Å². The molecule has 2 nitrogen and oxygen atoms in total. The van der Waals surface area contributed by atoms with Gasteiger partial charge in [-0.2, -0.15) is 14.9 Å². The first kappa shape index (κ1) is 21.1. The summed E-state index contributed by atoms with van der Waals surface area (Å²) in [6.07, 6.45) is 19.5. The standard InChI is InChI=1S/C26H29FN2/c27-26(19-29)3-1-2-20-4-6-21(7-5-20)8-9-22-10-14-24(15-11-22)25-16-12-23(18-28)13-17-25/h1-3,8-9,12-13,16-17,20-22,24H,4-7,10-11,14-15H2. The van der Waals surface area contributed by atoms with Gasteiger partial charge in [0.15, 0.2) is 5.83 Å². The molecule has 3 heteroatoms. The van der Waals surface area contributed by atoms with Crippen molar-refractivity contribution in [2.45, 2.75) is 57.3 Å². The lowest BCUT2D eigenvalue weighted by molar-refractivity contribution is 0.348. The van der Waals surface area contributed by atoms with Crippen molar-refractivity contribution in [2.24, 2.45) is 17.8 Å². The summed E-state index contributed by atoms with van der Waals surface area (Å²) in [6.45, 7) is 0. The van der Waals surface area contributed by atoms with Crippen LogP contribution < -0.4 is 0 Å². The van der Waals surface area contributed by atoms with Crippen molar-refractivity contribution in [3.8, 4) is 12.1 Å². The molecule has 0 unspecified atom stereocenters. The molecule has 0 radical (unpaired) electrons. The fourth-order valence-corrected chi connectivity index (χ4v) is 4.65. The summed E-state index contributed by atoms with van der Waals surface area (Å²) >= 11 is 0. The second-order valence-electron chi connectivity index (χ2n) is 8.42. The molecule has 0 spiro atoms. The zero-order valence-electron chi connectivity index (χ0n) is 16.9. The van der Waals surface area contributed by atoms with Crippen LogP contribution in [0.1, 0.15) is 68.4 Å². The van der Waals surface area contributed by atoms with Gasteiger partial charge in [-0.1, -0.05) is 36.4 Å². The predicted octanol–water partition coefficient (Wildman–Crippen LogP) is 7.13. The van der Waals surface area contributed by atoms with Crippen LogP contribution in [0, 0.1) is 40.4 Å². The Labute approximate surface area is 174 Å². The van der Waals surface area contributed by atoms with Crippen molar-refractivity contribution >= 4 is 0 Å². The highest BCUT2D eigenvalue weighted by Gasteiger charge is 2.22. The van der Waals surface area contributed by atoms with Gasteiger partial charge in [-0.3, -0.25) is 0 Å². The Bertz CT molecular complexity index is 819. The lowest BCUT2D eigenvalue weighted by Gasteiger charge is -2.28. The van der Waals surface area contributed by atoms with E-state index in [4.69, 9.17) is 10.5 Å². The molecule has 150 valence electrons. The second kappa shape index (κ2) is 10.8. The van der Waals surface area contributed by atoms with Crippen LogP contribution in [0.4, 0.5) is 4.39 Å². The molecule has 0 N–H and O–H groups in total. The molecule has 0 aromatic heterocycles. The smallest absolute Gasteiger partial charge is 0.195 e. The minimum atomic E-state index is -0.730. The van der Waals surface area contributed by atoms with E-state index < -0.39 is 5.83 Å². The van der Waals surface area contributed by atoms with E-state index in [2.05, 4.69) is 30.4 Å². The average molecular weight is 389 g/mol. The molecule has 2 saturated carbocycles. The summed E-state index contributed by atoms with van der Waals surface area (Å²) in [5, 5.41) is 17.4. The van der Waals surface area contributed by atoms with Gasteiger partial charge < -0.3 is 0 Å². The van der Waals surface area contributed by atoms with E-state index in [9.17, 15) is 4.39 Å². The molecule has 3 rings (SSSR count). The molecule has 1 aromatic rings. The van der Waals surface area contributed by atoms with E-state index in [1.54, 1.807) is 6.08 Å².